The molecule has 0 bridgehead atoms. The first-order valence-electron chi connectivity index (χ1n) is 5.03. The van der Waals surface area contributed by atoms with Crippen LogP contribution < -0.4 is 5.32 Å². The average Bonchev–Trinajstić information content (AvgIpc) is 2.71. The molecule has 82 valence electrons. The van der Waals surface area contributed by atoms with Crippen LogP contribution in [0.3, 0.4) is 0 Å². The van der Waals surface area contributed by atoms with Crippen LogP contribution in [0.2, 0.25) is 0 Å². The lowest BCUT2D eigenvalue weighted by molar-refractivity contribution is 0.567. The van der Waals surface area contributed by atoms with Crippen LogP contribution in [0.25, 0.3) is 0 Å². The summed E-state index contributed by atoms with van der Waals surface area (Å²) in [6.07, 6.45) is 2.45. The first-order valence-corrected chi connectivity index (χ1v) is 6.68. The molecular weight excluding hydrogens is 212 g/mol. The zero-order chi connectivity index (χ0) is 10.7. The number of rotatable bonds is 3. The van der Waals surface area contributed by atoms with Crippen LogP contribution in [0.5, 0.6) is 0 Å². The molecule has 2 heterocycles. The van der Waals surface area contributed by atoms with E-state index in [1.807, 2.05) is 0 Å². The van der Waals surface area contributed by atoms with Crippen LogP contribution >= 0.6 is 0 Å². The lowest BCUT2D eigenvalue weighted by atomic mass is 10.2. The Balaban J connectivity index is 2.13. The van der Waals surface area contributed by atoms with E-state index in [1.165, 1.54) is 6.20 Å². The quantitative estimate of drug-likeness (QED) is 0.813. The van der Waals surface area contributed by atoms with Gasteiger partial charge in [0.1, 0.15) is 0 Å². The van der Waals surface area contributed by atoms with Crippen molar-refractivity contribution in [2.75, 3.05) is 18.8 Å². The Morgan fingerprint density at radius 2 is 2.33 bits per heavy atom. The van der Waals surface area contributed by atoms with Gasteiger partial charge < -0.3 is 5.32 Å². The first kappa shape index (κ1) is 10.6. The molecule has 1 N–H and O–H groups in total. The monoisotopic (exact) mass is 226 g/mol. The molecule has 1 aromatic heterocycles. The van der Waals surface area contributed by atoms with Gasteiger partial charge in [-0.3, -0.25) is 0 Å². The van der Waals surface area contributed by atoms with Crippen LogP contribution in [0.4, 0.5) is 0 Å². The molecule has 1 aromatic rings. The zero-order valence-electron chi connectivity index (χ0n) is 8.39. The summed E-state index contributed by atoms with van der Waals surface area (Å²) in [4.78, 5) is 3.88. The summed E-state index contributed by atoms with van der Waals surface area (Å²) in [6, 6.07) is 4.97. The van der Waals surface area contributed by atoms with Gasteiger partial charge in [0.25, 0.3) is 0 Å². The molecule has 0 spiro atoms. The number of nitrogens with zero attached hydrogens (tertiary/aromatic N) is 1. The topological polar surface area (TPSA) is 59.1 Å². The van der Waals surface area contributed by atoms with E-state index in [1.54, 1.807) is 18.2 Å². The van der Waals surface area contributed by atoms with Gasteiger partial charge in [-0.15, -0.1) is 0 Å². The first-order chi connectivity index (χ1) is 7.18. The third-order valence-corrected chi connectivity index (χ3v) is 4.36. The van der Waals surface area contributed by atoms with Gasteiger partial charge in [0, 0.05) is 6.20 Å². The van der Waals surface area contributed by atoms with E-state index in [0.717, 1.165) is 19.5 Å². The molecule has 0 aliphatic carbocycles. The van der Waals surface area contributed by atoms with Gasteiger partial charge in [-0.25, -0.2) is 13.4 Å². The van der Waals surface area contributed by atoms with E-state index in [9.17, 15) is 8.42 Å². The van der Waals surface area contributed by atoms with E-state index in [-0.39, 0.29) is 16.7 Å². The average molecular weight is 226 g/mol. The third-order valence-electron chi connectivity index (χ3n) is 2.57. The van der Waals surface area contributed by atoms with Crippen LogP contribution in [0, 0.1) is 5.92 Å². The largest absolute Gasteiger partial charge is 0.316 e. The molecule has 0 unspecified atom stereocenters. The van der Waals surface area contributed by atoms with E-state index in [4.69, 9.17) is 0 Å². The highest BCUT2D eigenvalue weighted by molar-refractivity contribution is 7.91. The molecule has 0 amide bonds. The van der Waals surface area contributed by atoms with Crippen molar-refractivity contribution in [1.29, 1.82) is 0 Å². The Bertz CT molecular complexity index is 410. The number of hydrogen-bond donors (Lipinski definition) is 1. The molecule has 4 nitrogen and oxygen atoms in total. The molecule has 1 aliphatic rings. The molecule has 2 rings (SSSR count). The second-order valence-electron chi connectivity index (χ2n) is 3.81. The molecule has 1 atom stereocenters. The van der Waals surface area contributed by atoms with Crippen molar-refractivity contribution in [3.63, 3.8) is 0 Å². The van der Waals surface area contributed by atoms with Gasteiger partial charge >= 0.3 is 0 Å². The summed E-state index contributed by atoms with van der Waals surface area (Å²) in [5.41, 5.74) is 0. The lowest BCUT2D eigenvalue weighted by Crippen LogP contribution is -2.19. The summed E-state index contributed by atoms with van der Waals surface area (Å²) in [5.74, 6) is 0.439. The van der Waals surface area contributed by atoms with E-state index < -0.39 is 9.84 Å². The Morgan fingerprint density at radius 3 is 2.93 bits per heavy atom. The Labute approximate surface area is 89.6 Å². The molecule has 1 saturated heterocycles. The predicted molar refractivity (Wildman–Crippen MR) is 57.3 cm³/mol. The van der Waals surface area contributed by atoms with Gasteiger partial charge in [-0.2, -0.15) is 0 Å². The van der Waals surface area contributed by atoms with Crippen molar-refractivity contribution in [1.82, 2.24) is 10.3 Å². The molecule has 0 aromatic carbocycles. The molecule has 5 heteroatoms. The molecule has 0 radical (unpaired) electrons. The number of sulfone groups is 1. The maximum Gasteiger partial charge on any atom is 0.195 e. The normalized spacial score (nSPS) is 21.7. The van der Waals surface area contributed by atoms with Crippen molar-refractivity contribution in [2.45, 2.75) is 11.4 Å². The molecular formula is C10H14N2O2S. The highest BCUT2D eigenvalue weighted by Crippen LogP contribution is 2.15. The maximum atomic E-state index is 11.9. The minimum Gasteiger partial charge on any atom is -0.316 e. The van der Waals surface area contributed by atoms with Crippen molar-refractivity contribution in [3.8, 4) is 0 Å². The molecule has 0 saturated carbocycles. The van der Waals surface area contributed by atoms with Gasteiger partial charge in [0.05, 0.1) is 5.75 Å². The number of aromatic nitrogens is 1. The second kappa shape index (κ2) is 4.28. The van der Waals surface area contributed by atoms with Gasteiger partial charge in [0.2, 0.25) is 0 Å². The van der Waals surface area contributed by atoms with E-state index in [2.05, 4.69) is 10.3 Å². The minimum absolute atomic E-state index is 0.192. The Kier molecular flexibility index (Phi) is 3.02. The van der Waals surface area contributed by atoms with Crippen LogP contribution in [-0.4, -0.2) is 32.2 Å². The van der Waals surface area contributed by atoms with E-state index >= 15 is 0 Å². The van der Waals surface area contributed by atoms with Crippen molar-refractivity contribution >= 4 is 9.84 Å². The smallest absolute Gasteiger partial charge is 0.195 e. The summed E-state index contributed by atoms with van der Waals surface area (Å²) < 4.78 is 23.8. The Morgan fingerprint density at radius 1 is 1.47 bits per heavy atom. The number of nitrogens with one attached hydrogen (secondary N) is 1. The van der Waals surface area contributed by atoms with Crippen LogP contribution in [-0.2, 0) is 9.84 Å². The zero-order valence-corrected chi connectivity index (χ0v) is 9.20. The van der Waals surface area contributed by atoms with Crippen LogP contribution in [0.1, 0.15) is 6.42 Å². The highest BCUT2D eigenvalue weighted by atomic mass is 32.2. The number of hydrogen-bond acceptors (Lipinski definition) is 4. The fourth-order valence-electron chi connectivity index (χ4n) is 1.78. The van der Waals surface area contributed by atoms with Gasteiger partial charge in [-0.1, -0.05) is 6.07 Å². The standard InChI is InChI=1S/C10H14N2O2S/c13-15(14,8-9-4-6-11-7-9)10-3-1-2-5-12-10/h1-3,5,9,11H,4,6-8H2/t9-/m0/s1. The van der Waals surface area contributed by atoms with E-state index in [0.29, 0.717) is 0 Å². The summed E-state index contributed by atoms with van der Waals surface area (Å²) in [7, 11) is -3.19. The minimum atomic E-state index is -3.19. The fourth-order valence-corrected chi connectivity index (χ4v) is 3.37. The maximum absolute atomic E-state index is 11.9. The third kappa shape index (κ3) is 2.54. The fraction of sp³-hybridized carbons (Fsp3) is 0.500. The highest BCUT2D eigenvalue weighted by Gasteiger charge is 2.24. The summed E-state index contributed by atoms with van der Waals surface area (Å²) in [5, 5.41) is 3.35. The van der Waals surface area contributed by atoms with Crippen molar-refractivity contribution in [2.24, 2.45) is 5.92 Å². The molecule has 15 heavy (non-hydrogen) atoms. The second-order valence-corrected chi connectivity index (χ2v) is 5.79. The van der Waals surface area contributed by atoms with Crippen molar-refractivity contribution in [3.05, 3.63) is 24.4 Å². The van der Waals surface area contributed by atoms with Gasteiger partial charge in [-0.05, 0) is 37.6 Å². The molecule has 1 fully saturated rings. The lowest BCUT2D eigenvalue weighted by Gasteiger charge is -2.08. The summed E-state index contributed by atoms with van der Waals surface area (Å²) in [6.45, 7) is 1.72. The van der Waals surface area contributed by atoms with Crippen molar-refractivity contribution < 1.29 is 8.42 Å². The number of pyridine rings is 1. The summed E-state index contributed by atoms with van der Waals surface area (Å²) >= 11 is 0. The molecule has 1 aliphatic heterocycles. The van der Waals surface area contributed by atoms with Crippen LogP contribution in [0.15, 0.2) is 29.4 Å². The Hall–Kier alpha value is -0.940. The van der Waals surface area contributed by atoms with Gasteiger partial charge in [0.15, 0.2) is 14.9 Å². The SMILES string of the molecule is O=S(=O)(C[C@H]1CCNC1)c1ccccn1. The predicted octanol–water partition coefficient (Wildman–Crippen LogP) is 0.465.